The van der Waals surface area contributed by atoms with E-state index in [2.05, 4.69) is 35.7 Å². The maximum atomic E-state index is 10.5. The summed E-state index contributed by atoms with van der Waals surface area (Å²) < 4.78 is 5.80. The van der Waals surface area contributed by atoms with Crippen molar-refractivity contribution in [2.24, 2.45) is 0 Å². The van der Waals surface area contributed by atoms with E-state index in [0.29, 0.717) is 19.7 Å². The molecule has 0 saturated carbocycles. The summed E-state index contributed by atoms with van der Waals surface area (Å²) in [6.07, 6.45) is 4.25. The largest absolute Gasteiger partial charge is 0.494 e. The number of carboxylic acids is 1. The number of hydrogen-bond acceptors (Lipinski definition) is 3. The van der Waals surface area contributed by atoms with E-state index in [1.54, 1.807) is 0 Å². The van der Waals surface area contributed by atoms with E-state index in [9.17, 15) is 4.79 Å². The van der Waals surface area contributed by atoms with Crippen LogP contribution in [0.4, 0.5) is 0 Å². The highest BCUT2D eigenvalue weighted by Crippen LogP contribution is 2.15. The van der Waals surface area contributed by atoms with E-state index < -0.39 is 5.97 Å². The molecule has 0 spiro atoms. The number of carbonyl (C=O) groups is 1. The zero-order chi connectivity index (χ0) is 18.6. The molecule has 0 aliphatic heterocycles. The number of halogens is 1. The van der Waals surface area contributed by atoms with E-state index in [-0.39, 0.29) is 18.8 Å². The van der Waals surface area contributed by atoms with Crippen molar-refractivity contribution in [2.45, 2.75) is 26.2 Å². The first-order valence-electron chi connectivity index (χ1n) is 9.00. The Morgan fingerprint density at radius 3 is 2.48 bits per heavy atom. The third kappa shape index (κ3) is 9.83. The molecule has 0 aliphatic carbocycles. The molecule has 27 heavy (non-hydrogen) atoms. The lowest BCUT2D eigenvalue weighted by Gasteiger charge is -2.07. The molecule has 4 nitrogen and oxygen atoms in total. The van der Waals surface area contributed by atoms with Gasteiger partial charge in [0.1, 0.15) is 5.75 Å². The molecular formula is C22H28ClNO3. The van der Waals surface area contributed by atoms with Crippen LogP contribution in [0.5, 0.6) is 5.75 Å². The zero-order valence-corrected chi connectivity index (χ0v) is 16.5. The van der Waals surface area contributed by atoms with Crippen molar-refractivity contribution in [2.75, 3.05) is 19.7 Å². The Hall–Kier alpha value is -2.30. The fraction of sp³-hybridized carbons (Fsp3) is 0.318. The number of hydrogen-bond donors (Lipinski definition) is 2. The van der Waals surface area contributed by atoms with Crippen LogP contribution in [0.1, 0.15) is 30.9 Å². The van der Waals surface area contributed by atoms with Crippen molar-refractivity contribution in [1.82, 2.24) is 5.32 Å². The van der Waals surface area contributed by atoms with Crippen molar-refractivity contribution in [3.8, 4) is 5.75 Å². The van der Waals surface area contributed by atoms with Gasteiger partial charge in [0.25, 0.3) is 0 Å². The standard InChI is InChI=1S/C22H27NO3.ClH/c1-18(17-23-14-13-22(24)25)16-20-9-11-21(12-10-20)26-15-5-8-19-6-3-2-4-7-19;/h2-4,6-7,9-12,16,23H,5,8,13-15,17H2,1H3,(H,24,25);1H. The molecule has 0 bridgehead atoms. The maximum absolute atomic E-state index is 10.5. The van der Waals surface area contributed by atoms with Crippen molar-refractivity contribution in [3.63, 3.8) is 0 Å². The molecule has 2 N–H and O–H groups in total. The summed E-state index contributed by atoms with van der Waals surface area (Å²) in [5.41, 5.74) is 3.61. The molecule has 5 heteroatoms. The van der Waals surface area contributed by atoms with E-state index in [1.807, 2.05) is 37.3 Å². The highest BCUT2D eigenvalue weighted by atomic mass is 35.5. The van der Waals surface area contributed by atoms with Crippen LogP contribution < -0.4 is 10.1 Å². The van der Waals surface area contributed by atoms with Crippen LogP contribution in [0.15, 0.2) is 60.2 Å². The Labute approximate surface area is 167 Å². The normalized spacial score (nSPS) is 10.9. The van der Waals surface area contributed by atoms with Gasteiger partial charge in [0.15, 0.2) is 0 Å². The Morgan fingerprint density at radius 2 is 1.81 bits per heavy atom. The minimum Gasteiger partial charge on any atom is -0.494 e. The van der Waals surface area contributed by atoms with Gasteiger partial charge in [-0.05, 0) is 43.0 Å². The molecule has 0 amide bonds. The summed E-state index contributed by atoms with van der Waals surface area (Å²) in [6.45, 7) is 3.90. The zero-order valence-electron chi connectivity index (χ0n) is 15.7. The van der Waals surface area contributed by atoms with Crippen LogP contribution in [0.3, 0.4) is 0 Å². The first-order valence-corrected chi connectivity index (χ1v) is 9.00. The molecule has 0 atom stereocenters. The molecule has 0 heterocycles. The van der Waals surface area contributed by atoms with Gasteiger partial charge in [0.05, 0.1) is 13.0 Å². The predicted molar refractivity (Wildman–Crippen MR) is 113 cm³/mol. The monoisotopic (exact) mass is 389 g/mol. The molecule has 0 unspecified atom stereocenters. The molecular weight excluding hydrogens is 362 g/mol. The maximum Gasteiger partial charge on any atom is 0.304 e. The average Bonchev–Trinajstić information content (AvgIpc) is 2.64. The SMILES string of the molecule is CC(=Cc1ccc(OCCCc2ccccc2)cc1)CNCCC(=O)O.Cl. The summed E-state index contributed by atoms with van der Waals surface area (Å²) in [4.78, 5) is 10.5. The Kier molecular flexibility index (Phi) is 10.9. The number of benzene rings is 2. The lowest BCUT2D eigenvalue weighted by molar-refractivity contribution is -0.136. The topological polar surface area (TPSA) is 58.6 Å². The quantitative estimate of drug-likeness (QED) is 0.552. The van der Waals surface area contributed by atoms with Crippen LogP contribution in [-0.4, -0.2) is 30.8 Å². The second-order valence-electron chi connectivity index (χ2n) is 6.32. The molecule has 146 valence electrons. The molecule has 2 aromatic carbocycles. The van der Waals surface area contributed by atoms with Crippen LogP contribution in [-0.2, 0) is 11.2 Å². The summed E-state index contributed by atoms with van der Waals surface area (Å²) >= 11 is 0. The number of carboxylic acid groups (broad SMARTS) is 1. The van der Waals surface area contributed by atoms with E-state index in [4.69, 9.17) is 9.84 Å². The molecule has 2 rings (SSSR count). The lowest BCUT2D eigenvalue weighted by Crippen LogP contribution is -2.19. The number of rotatable bonds is 11. The molecule has 0 aromatic heterocycles. The first kappa shape index (κ1) is 22.7. The van der Waals surface area contributed by atoms with Gasteiger partial charge in [-0.15, -0.1) is 12.4 Å². The van der Waals surface area contributed by atoms with E-state index in [0.717, 1.165) is 29.7 Å². The fourth-order valence-corrected chi connectivity index (χ4v) is 2.59. The van der Waals surface area contributed by atoms with E-state index >= 15 is 0 Å². The van der Waals surface area contributed by atoms with Crippen molar-refractivity contribution >= 4 is 24.5 Å². The number of nitrogens with one attached hydrogen (secondary N) is 1. The molecule has 0 radical (unpaired) electrons. The molecule has 0 fully saturated rings. The second kappa shape index (κ2) is 13.0. The highest BCUT2D eigenvalue weighted by Gasteiger charge is 1.98. The third-order valence-electron chi connectivity index (χ3n) is 3.93. The smallest absolute Gasteiger partial charge is 0.304 e. The average molecular weight is 390 g/mol. The van der Waals surface area contributed by atoms with Crippen molar-refractivity contribution in [3.05, 3.63) is 71.3 Å². The molecule has 2 aromatic rings. The van der Waals surface area contributed by atoms with Gasteiger partial charge >= 0.3 is 5.97 Å². The summed E-state index contributed by atoms with van der Waals surface area (Å²) in [6, 6.07) is 18.5. The predicted octanol–water partition coefficient (Wildman–Crippen LogP) is 4.59. The fourth-order valence-electron chi connectivity index (χ4n) is 2.59. The van der Waals surface area contributed by atoms with Crippen LogP contribution >= 0.6 is 12.4 Å². The van der Waals surface area contributed by atoms with Crippen LogP contribution in [0.25, 0.3) is 6.08 Å². The first-order chi connectivity index (χ1) is 12.6. The number of ether oxygens (including phenoxy) is 1. The van der Waals surface area contributed by atoms with Gasteiger partial charge < -0.3 is 15.2 Å². The van der Waals surface area contributed by atoms with Gasteiger partial charge in [-0.3, -0.25) is 4.79 Å². The summed E-state index contributed by atoms with van der Waals surface area (Å²) in [5.74, 6) is 0.103. The van der Waals surface area contributed by atoms with E-state index in [1.165, 1.54) is 5.56 Å². The van der Waals surface area contributed by atoms with Gasteiger partial charge in [-0.25, -0.2) is 0 Å². The highest BCUT2D eigenvalue weighted by molar-refractivity contribution is 5.85. The summed E-state index contributed by atoms with van der Waals surface area (Å²) in [7, 11) is 0. The number of aryl methyl sites for hydroxylation is 1. The van der Waals surface area contributed by atoms with Gasteiger partial charge in [-0.2, -0.15) is 0 Å². The lowest BCUT2D eigenvalue weighted by atomic mass is 10.1. The molecule has 0 saturated heterocycles. The minimum atomic E-state index is -0.779. The van der Waals surface area contributed by atoms with Gasteiger partial charge in [-0.1, -0.05) is 54.1 Å². The Balaban J connectivity index is 0.00000364. The molecule has 0 aliphatic rings. The van der Waals surface area contributed by atoms with Crippen molar-refractivity contribution < 1.29 is 14.6 Å². The third-order valence-corrected chi connectivity index (χ3v) is 3.93. The van der Waals surface area contributed by atoms with Gasteiger partial charge in [0.2, 0.25) is 0 Å². The van der Waals surface area contributed by atoms with Crippen molar-refractivity contribution in [1.29, 1.82) is 0 Å². The minimum absolute atomic E-state index is 0. The van der Waals surface area contributed by atoms with Crippen LogP contribution in [0.2, 0.25) is 0 Å². The Bertz CT molecular complexity index is 699. The second-order valence-corrected chi connectivity index (χ2v) is 6.32. The van der Waals surface area contributed by atoms with Gasteiger partial charge in [0, 0.05) is 13.1 Å². The Morgan fingerprint density at radius 1 is 1.11 bits per heavy atom. The summed E-state index contributed by atoms with van der Waals surface area (Å²) in [5, 5.41) is 11.7. The number of aliphatic carboxylic acids is 1. The van der Waals surface area contributed by atoms with Crippen LogP contribution in [0, 0.1) is 0 Å².